The van der Waals surface area contributed by atoms with Crippen LogP contribution in [0.2, 0.25) is 0 Å². The summed E-state index contributed by atoms with van der Waals surface area (Å²) in [5.74, 6) is 0.958. The number of hydrogen-bond acceptors (Lipinski definition) is 4. The predicted molar refractivity (Wildman–Crippen MR) is 110 cm³/mol. The minimum atomic E-state index is 0.396. The third kappa shape index (κ3) is 3.69. The van der Waals surface area contributed by atoms with Gasteiger partial charge in [-0.05, 0) is 68.8 Å². The molecule has 27 heavy (non-hydrogen) atoms. The highest BCUT2D eigenvalue weighted by Crippen LogP contribution is 2.35. The number of likely N-dealkylation sites (tertiary alicyclic amines) is 1. The van der Waals surface area contributed by atoms with Crippen LogP contribution in [0.15, 0.2) is 42.9 Å². The number of benzene rings is 1. The minimum Gasteiger partial charge on any atom is -0.366 e. The summed E-state index contributed by atoms with van der Waals surface area (Å²) >= 11 is 0. The zero-order valence-corrected chi connectivity index (χ0v) is 15.9. The van der Waals surface area contributed by atoms with Crippen LogP contribution in [0.4, 0.5) is 5.82 Å². The van der Waals surface area contributed by atoms with Gasteiger partial charge in [-0.2, -0.15) is 5.10 Å². The number of nitrogens with one attached hydrogen (secondary N) is 1. The van der Waals surface area contributed by atoms with Gasteiger partial charge in [0.05, 0.1) is 12.2 Å². The monoisotopic (exact) mass is 361 g/mol. The van der Waals surface area contributed by atoms with Crippen LogP contribution in [-0.2, 0) is 0 Å². The first kappa shape index (κ1) is 16.8. The SMILES string of the molecule is CC(CN1CCCC1)Nc1cc2cc(-c3cnn(C4CC4)c3)ccc2cn1. The number of nitrogens with zero attached hydrogens (tertiary/aromatic N) is 4. The van der Waals surface area contributed by atoms with E-state index in [0.717, 1.165) is 12.4 Å². The average Bonchev–Trinajstić information content (AvgIpc) is 3.18. The summed E-state index contributed by atoms with van der Waals surface area (Å²) in [6, 6.07) is 9.77. The van der Waals surface area contributed by atoms with Crippen molar-refractivity contribution in [2.24, 2.45) is 0 Å². The maximum Gasteiger partial charge on any atom is 0.126 e. The van der Waals surface area contributed by atoms with E-state index in [2.05, 4.69) is 62.4 Å². The van der Waals surface area contributed by atoms with Gasteiger partial charge in [0.1, 0.15) is 5.82 Å². The lowest BCUT2D eigenvalue weighted by Gasteiger charge is -2.21. The average molecular weight is 361 g/mol. The molecule has 1 unspecified atom stereocenters. The Morgan fingerprint density at radius 3 is 2.74 bits per heavy atom. The predicted octanol–water partition coefficient (Wildman–Crippen LogP) is 4.33. The van der Waals surface area contributed by atoms with Crippen molar-refractivity contribution < 1.29 is 0 Å². The van der Waals surface area contributed by atoms with Gasteiger partial charge in [0.2, 0.25) is 0 Å². The largest absolute Gasteiger partial charge is 0.366 e. The molecule has 1 aromatic carbocycles. The first-order valence-corrected chi connectivity index (χ1v) is 10.2. The summed E-state index contributed by atoms with van der Waals surface area (Å²) in [6.45, 7) is 5.79. The molecule has 1 aliphatic heterocycles. The number of anilines is 1. The van der Waals surface area contributed by atoms with Crippen molar-refractivity contribution in [3.63, 3.8) is 0 Å². The number of pyridine rings is 1. The number of rotatable bonds is 6. The standard InChI is InChI=1S/C22H27N5/c1-16(14-26-8-2-3-9-26)25-22-11-19-10-17(4-5-18(19)12-23-22)20-13-24-27(15-20)21-6-7-21/h4-5,10-13,15-16,21H,2-3,6-9,14H2,1H3,(H,23,25). The topological polar surface area (TPSA) is 46.0 Å². The van der Waals surface area contributed by atoms with Crippen LogP contribution in [0.1, 0.15) is 38.6 Å². The molecule has 1 atom stereocenters. The van der Waals surface area contributed by atoms with E-state index in [-0.39, 0.29) is 0 Å². The van der Waals surface area contributed by atoms with Gasteiger partial charge >= 0.3 is 0 Å². The number of aromatic nitrogens is 3. The highest BCUT2D eigenvalue weighted by Gasteiger charge is 2.24. The molecule has 2 aromatic heterocycles. The summed E-state index contributed by atoms with van der Waals surface area (Å²) in [5, 5.41) is 10.5. The maximum absolute atomic E-state index is 4.61. The lowest BCUT2D eigenvalue weighted by molar-refractivity contribution is 0.327. The fourth-order valence-electron chi connectivity index (χ4n) is 4.08. The van der Waals surface area contributed by atoms with Crippen LogP contribution < -0.4 is 5.32 Å². The van der Waals surface area contributed by atoms with Gasteiger partial charge in [0.25, 0.3) is 0 Å². The third-order valence-corrected chi connectivity index (χ3v) is 5.70. The Balaban J connectivity index is 1.35. The van der Waals surface area contributed by atoms with Crippen molar-refractivity contribution in [1.82, 2.24) is 19.7 Å². The normalized spacial score (nSPS) is 18.9. The summed E-state index contributed by atoms with van der Waals surface area (Å²) in [7, 11) is 0. The lowest BCUT2D eigenvalue weighted by atomic mass is 10.0. The minimum absolute atomic E-state index is 0.396. The Kier molecular flexibility index (Phi) is 4.32. The van der Waals surface area contributed by atoms with Gasteiger partial charge < -0.3 is 10.2 Å². The van der Waals surface area contributed by atoms with E-state index in [1.54, 1.807) is 0 Å². The molecule has 5 nitrogen and oxygen atoms in total. The van der Waals surface area contributed by atoms with Crippen LogP contribution in [-0.4, -0.2) is 45.3 Å². The molecule has 5 heteroatoms. The van der Waals surface area contributed by atoms with Crippen molar-refractivity contribution in [2.75, 3.05) is 25.0 Å². The Morgan fingerprint density at radius 1 is 1.07 bits per heavy atom. The summed E-state index contributed by atoms with van der Waals surface area (Å²) in [5.41, 5.74) is 2.41. The van der Waals surface area contributed by atoms with Gasteiger partial charge in [-0.25, -0.2) is 4.98 Å². The molecule has 3 aromatic rings. The Hall–Kier alpha value is -2.40. The second kappa shape index (κ2) is 6.97. The molecule has 2 aliphatic rings. The molecule has 140 valence electrons. The molecule has 2 fully saturated rings. The summed E-state index contributed by atoms with van der Waals surface area (Å²) < 4.78 is 2.11. The van der Waals surface area contributed by atoms with E-state index in [9.17, 15) is 0 Å². The van der Waals surface area contributed by atoms with Crippen molar-refractivity contribution in [1.29, 1.82) is 0 Å². The fourth-order valence-corrected chi connectivity index (χ4v) is 4.08. The maximum atomic E-state index is 4.61. The second-order valence-electron chi connectivity index (χ2n) is 8.12. The molecule has 0 amide bonds. The van der Waals surface area contributed by atoms with Gasteiger partial charge in [-0.3, -0.25) is 4.68 Å². The molecule has 1 N–H and O–H groups in total. The van der Waals surface area contributed by atoms with Gasteiger partial charge in [-0.15, -0.1) is 0 Å². The van der Waals surface area contributed by atoms with Crippen molar-refractivity contribution >= 4 is 16.6 Å². The van der Waals surface area contributed by atoms with Gasteiger partial charge in [0.15, 0.2) is 0 Å². The molecule has 1 aliphatic carbocycles. The van der Waals surface area contributed by atoms with Crippen LogP contribution in [0.25, 0.3) is 21.9 Å². The van der Waals surface area contributed by atoms with Gasteiger partial charge in [0, 0.05) is 35.9 Å². The number of hydrogen-bond donors (Lipinski definition) is 1. The van der Waals surface area contributed by atoms with E-state index in [0.29, 0.717) is 12.1 Å². The zero-order valence-electron chi connectivity index (χ0n) is 15.9. The first-order valence-electron chi connectivity index (χ1n) is 10.2. The molecule has 3 heterocycles. The molecule has 0 spiro atoms. The molecule has 0 bridgehead atoms. The molecule has 5 rings (SSSR count). The quantitative estimate of drug-likeness (QED) is 0.710. The van der Waals surface area contributed by atoms with E-state index < -0.39 is 0 Å². The fraction of sp³-hybridized carbons (Fsp3) is 0.455. The molecular formula is C22H27N5. The Morgan fingerprint density at radius 2 is 1.93 bits per heavy atom. The second-order valence-corrected chi connectivity index (χ2v) is 8.12. The zero-order chi connectivity index (χ0) is 18.2. The highest BCUT2D eigenvalue weighted by atomic mass is 15.3. The smallest absolute Gasteiger partial charge is 0.126 e. The van der Waals surface area contributed by atoms with E-state index >= 15 is 0 Å². The summed E-state index contributed by atoms with van der Waals surface area (Å²) in [4.78, 5) is 7.15. The van der Waals surface area contributed by atoms with Gasteiger partial charge in [-0.1, -0.05) is 12.1 Å². The van der Waals surface area contributed by atoms with E-state index in [4.69, 9.17) is 0 Å². The van der Waals surface area contributed by atoms with Crippen molar-refractivity contribution in [3.05, 3.63) is 42.9 Å². The molecule has 1 saturated carbocycles. The summed E-state index contributed by atoms with van der Waals surface area (Å²) in [6.07, 6.45) is 11.3. The number of fused-ring (bicyclic) bond motifs is 1. The highest BCUT2D eigenvalue weighted by molar-refractivity contribution is 5.88. The third-order valence-electron chi connectivity index (χ3n) is 5.70. The molecular weight excluding hydrogens is 334 g/mol. The van der Waals surface area contributed by atoms with Crippen molar-refractivity contribution in [3.8, 4) is 11.1 Å². The lowest BCUT2D eigenvalue weighted by Crippen LogP contribution is -2.33. The van der Waals surface area contributed by atoms with Crippen LogP contribution >= 0.6 is 0 Å². The van der Waals surface area contributed by atoms with Crippen LogP contribution in [0, 0.1) is 0 Å². The van der Waals surface area contributed by atoms with Crippen LogP contribution in [0.5, 0.6) is 0 Å². The van der Waals surface area contributed by atoms with E-state index in [1.807, 2.05) is 12.4 Å². The molecule has 0 radical (unpaired) electrons. The van der Waals surface area contributed by atoms with E-state index in [1.165, 1.54) is 60.7 Å². The molecule has 1 saturated heterocycles. The Labute approximate surface area is 160 Å². The van der Waals surface area contributed by atoms with Crippen LogP contribution in [0.3, 0.4) is 0 Å². The Bertz CT molecular complexity index is 937. The first-order chi connectivity index (χ1) is 13.2. The van der Waals surface area contributed by atoms with Crippen molar-refractivity contribution in [2.45, 2.75) is 44.7 Å².